The van der Waals surface area contributed by atoms with E-state index in [1.54, 1.807) is 18.2 Å². The Bertz CT molecular complexity index is 1030. The zero-order chi connectivity index (χ0) is 17.9. The van der Waals surface area contributed by atoms with Gasteiger partial charge in [-0.25, -0.2) is 8.42 Å². The van der Waals surface area contributed by atoms with Crippen LogP contribution in [0.2, 0.25) is 0 Å². The molecule has 0 fully saturated rings. The van der Waals surface area contributed by atoms with Gasteiger partial charge in [0.2, 0.25) is 5.91 Å². The number of carbonyl (C=O) groups is 1. The predicted molar refractivity (Wildman–Crippen MR) is 100 cm³/mol. The van der Waals surface area contributed by atoms with Crippen molar-refractivity contribution >= 4 is 33.0 Å². The van der Waals surface area contributed by atoms with Crippen molar-refractivity contribution in [3.8, 4) is 0 Å². The molecular formula is C19H19N3O3S. The first kappa shape index (κ1) is 15.7. The van der Waals surface area contributed by atoms with Crippen molar-refractivity contribution in [3.05, 3.63) is 47.5 Å². The molecular weight excluding hydrogens is 350 g/mol. The number of benzene rings is 2. The number of sulfonamides is 1. The molecule has 3 aliphatic heterocycles. The fourth-order valence-electron chi connectivity index (χ4n) is 4.22. The molecule has 134 valence electrons. The number of carbonyl (C=O) groups excluding carboxylic acids is 1. The summed E-state index contributed by atoms with van der Waals surface area (Å²) < 4.78 is 28.2. The Morgan fingerprint density at radius 1 is 1.00 bits per heavy atom. The molecule has 0 bridgehead atoms. The summed E-state index contributed by atoms with van der Waals surface area (Å²) in [5, 5.41) is 2.75. The third-order valence-electron chi connectivity index (χ3n) is 5.42. The molecule has 2 aromatic carbocycles. The van der Waals surface area contributed by atoms with Crippen LogP contribution < -0.4 is 14.5 Å². The van der Waals surface area contributed by atoms with E-state index in [1.165, 1.54) is 9.87 Å². The van der Waals surface area contributed by atoms with E-state index in [0.29, 0.717) is 18.8 Å². The minimum atomic E-state index is -3.67. The lowest BCUT2D eigenvalue weighted by molar-refractivity contribution is -0.115. The minimum absolute atomic E-state index is 0.0970. The molecule has 3 heterocycles. The molecule has 7 heteroatoms. The van der Waals surface area contributed by atoms with Crippen LogP contribution in [-0.4, -0.2) is 34.0 Å². The fraction of sp³-hybridized carbons (Fsp3) is 0.316. The van der Waals surface area contributed by atoms with Gasteiger partial charge in [0.15, 0.2) is 0 Å². The summed E-state index contributed by atoms with van der Waals surface area (Å²) in [7, 11) is -3.67. The molecule has 2 aromatic rings. The number of hydrogen-bond donors (Lipinski definition) is 1. The van der Waals surface area contributed by atoms with E-state index in [1.807, 2.05) is 12.1 Å². The van der Waals surface area contributed by atoms with E-state index >= 15 is 0 Å². The molecule has 5 rings (SSSR count). The lowest BCUT2D eigenvalue weighted by Crippen LogP contribution is -2.46. The van der Waals surface area contributed by atoms with Crippen LogP contribution in [0.25, 0.3) is 0 Å². The highest BCUT2D eigenvalue weighted by atomic mass is 32.2. The highest BCUT2D eigenvalue weighted by molar-refractivity contribution is 7.92. The maximum Gasteiger partial charge on any atom is 0.264 e. The first-order valence-electron chi connectivity index (χ1n) is 8.86. The zero-order valence-electron chi connectivity index (χ0n) is 14.2. The number of rotatable bonds is 2. The Morgan fingerprint density at radius 2 is 1.88 bits per heavy atom. The van der Waals surface area contributed by atoms with Crippen LogP contribution in [0.4, 0.5) is 17.1 Å². The topological polar surface area (TPSA) is 69.7 Å². The maximum atomic E-state index is 13.4. The van der Waals surface area contributed by atoms with E-state index in [0.717, 1.165) is 36.3 Å². The molecule has 0 atom stereocenters. The Hall–Kier alpha value is -2.54. The summed E-state index contributed by atoms with van der Waals surface area (Å²) in [6.07, 6.45) is 2.32. The van der Waals surface area contributed by atoms with Crippen LogP contribution >= 0.6 is 0 Å². The van der Waals surface area contributed by atoms with E-state index in [2.05, 4.69) is 16.3 Å². The van der Waals surface area contributed by atoms with Gasteiger partial charge in [0.25, 0.3) is 10.0 Å². The molecule has 0 saturated heterocycles. The van der Waals surface area contributed by atoms with Gasteiger partial charge in [-0.1, -0.05) is 12.1 Å². The van der Waals surface area contributed by atoms with Crippen molar-refractivity contribution in [2.45, 2.75) is 24.2 Å². The van der Waals surface area contributed by atoms with Gasteiger partial charge in [-0.2, -0.15) is 0 Å². The van der Waals surface area contributed by atoms with E-state index in [4.69, 9.17) is 0 Å². The number of aryl methyl sites for hydroxylation is 1. The average Bonchev–Trinajstić information content (AvgIpc) is 3.01. The predicted octanol–water partition coefficient (Wildman–Crippen LogP) is 2.14. The molecule has 0 aromatic heterocycles. The molecule has 0 saturated carbocycles. The van der Waals surface area contributed by atoms with Gasteiger partial charge in [-0.05, 0) is 48.2 Å². The third-order valence-corrected chi connectivity index (χ3v) is 7.23. The van der Waals surface area contributed by atoms with Crippen molar-refractivity contribution in [2.75, 3.05) is 34.2 Å². The Morgan fingerprint density at radius 3 is 2.77 bits per heavy atom. The Kier molecular flexibility index (Phi) is 3.31. The number of hydrogen-bond acceptors (Lipinski definition) is 4. The van der Waals surface area contributed by atoms with Gasteiger partial charge in [-0.3, -0.25) is 9.10 Å². The van der Waals surface area contributed by atoms with Crippen LogP contribution in [0, 0.1) is 0 Å². The van der Waals surface area contributed by atoms with Gasteiger partial charge in [0.05, 0.1) is 29.2 Å². The maximum absolute atomic E-state index is 13.4. The second-order valence-electron chi connectivity index (χ2n) is 7.00. The van der Waals surface area contributed by atoms with Crippen LogP contribution in [-0.2, 0) is 27.7 Å². The van der Waals surface area contributed by atoms with Crippen LogP contribution in [0.15, 0.2) is 41.3 Å². The van der Waals surface area contributed by atoms with Gasteiger partial charge < -0.3 is 10.2 Å². The molecule has 0 unspecified atom stereocenters. The first-order valence-corrected chi connectivity index (χ1v) is 10.3. The minimum Gasteiger partial charge on any atom is -0.368 e. The highest BCUT2D eigenvalue weighted by Gasteiger charge is 2.35. The van der Waals surface area contributed by atoms with Crippen LogP contribution in [0.5, 0.6) is 0 Å². The number of fused-ring (bicyclic) bond motifs is 1. The van der Waals surface area contributed by atoms with Crippen molar-refractivity contribution in [1.29, 1.82) is 0 Å². The molecule has 0 spiro atoms. The molecule has 0 aliphatic carbocycles. The summed E-state index contributed by atoms with van der Waals surface area (Å²) in [6, 6.07) is 10.8. The van der Waals surface area contributed by atoms with Crippen molar-refractivity contribution < 1.29 is 13.2 Å². The molecule has 1 N–H and O–H groups in total. The summed E-state index contributed by atoms with van der Waals surface area (Å²) in [5.74, 6) is -0.0970. The highest BCUT2D eigenvalue weighted by Crippen LogP contribution is 2.41. The van der Waals surface area contributed by atoms with E-state index in [9.17, 15) is 13.2 Å². The van der Waals surface area contributed by atoms with E-state index < -0.39 is 10.0 Å². The third kappa shape index (κ3) is 2.23. The van der Waals surface area contributed by atoms with E-state index in [-0.39, 0.29) is 17.2 Å². The second-order valence-corrected chi connectivity index (χ2v) is 8.86. The Balaban J connectivity index is 1.60. The largest absolute Gasteiger partial charge is 0.368 e. The summed E-state index contributed by atoms with van der Waals surface area (Å²) in [5.41, 5.74) is 4.49. The fourth-order valence-corrected chi connectivity index (χ4v) is 5.73. The summed E-state index contributed by atoms with van der Waals surface area (Å²) in [4.78, 5) is 14.1. The van der Waals surface area contributed by atoms with Crippen molar-refractivity contribution in [2.24, 2.45) is 0 Å². The SMILES string of the molecule is O=C1Cc2cc(S(=O)(=O)N3CCN4CCCc5cccc3c54)ccc2N1. The summed E-state index contributed by atoms with van der Waals surface area (Å²) in [6.45, 7) is 2.12. The lowest BCUT2D eigenvalue weighted by Gasteiger charge is -2.41. The molecule has 0 radical (unpaired) electrons. The number of amides is 1. The molecule has 3 aliphatic rings. The number of para-hydroxylation sites is 1. The molecule has 1 amide bonds. The van der Waals surface area contributed by atoms with Crippen LogP contribution in [0.3, 0.4) is 0 Å². The Labute approximate surface area is 152 Å². The monoisotopic (exact) mass is 369 g/mol. The van der Waals surface area contributed by atoms with Gasteiger partial charge in [0.1, 0.15) is 0 Å². The zero-order valence-corrected chi connectivity index (χ0v) is 15.1. The lowest BCUT2D eigenvalue weighted by atomic mass is 9.99. The first-order chi connectivity index (χ1) is 12.5. The second kappa shape index (κ2) is 5.48. The van der Waals surface area contributed by atoms with Gasteiger partial charge in [-0.15, -0.1) is 0 Å². The van der Waals surface area contributed by atoms with Crippen LogP contribution in [0.1, 0.15) is 17.5 Å². The van der Waals surface area contributed by atoms with Crippen molar-refractivity contribution in [3.63, 3.8) is 0 Å². The molecule has 26 heavy (non-hydrogen) atoms. The summed E-state index contributed by atoms with van der Waals surface area (Å²) >= 11 is 0. The number of nitrogens with zero attached hydrogens (tertiary/aromatic N) is 2. The number of nitrogens with one attached hydrogen (secondary N) is 1. The van der Waals surface area contributed by atoms with Gasteiger partial charge >= 0.3 is 0 Å². The molecule has 6 nitrogen and oxygen atoms in total. The average molecular weight is 369 g/mol. The normalized spacial score (nSPS) is 18.4. The van der Waals surface area contributed by atoms with Gasteiger partial charge in [0, 0.05) is 18.8 Å². The quantitative estimate of drug-likeness (QED) is 0.881. The standard InChI is InChI=1S/C19H19N3O3S/c23-18-12-14-11-15(6-7-16(14)20-18)26(24,25)22-10-9-21-8-2-4-13-3-1-5-17(22)19(13)21/h1,3,5-7,11H,2,4,8-10,12H2,(H,20,23). The van der Waals surface area contributed by atoms with Crippen molar-refractivity contribution in [1.82, 2.24) is 0 Å². The smallest absolute Gasteiger partial charge is 0.264 e. The number of anilines is 3.